The molecule has 82 valence electrons. The fourth-order valence-electron chi connectivity index (χ4n) is 2.27. The fraction of sp³-hybridized carbons (Fsp3) is 0.250. The van der Waals surface area contributed by atoms with Crippen molar-refractivity contribution in [3.63, 3.8) is 0 Å². The maximum absolute atomic E-state index is 11.7. The second kappa shape index (κ2) is 3.52. The highest BCUT2D eigenvalue weighted by atomic mass is 35.5. The van der Waals surface area contributed by atoms with Crippen molar-refractivity contribution in [1.29, 1.82) is 0 Å². The first-order valence-electron chi connectivity index (χ1n) is 5.34. The van der Waals surface area contributed by atoms with Crippen LogP contribution in [-0.2, 0) is 12.8 Å². The number of aromatic amines is 1. The number of hydrogen-bond donors (Lipinski definition) is 1. The van der Waals surface area contributed by atoms with Crippen LogP contribution in [0, 0.1) is 0 Å². The van der Waals surface area contributed by atoms with E-state index in [1.807, 2.05) is 28.9 Å². The Kier molecular flexibility index (Phi) is 2.14. The number of hydrogen-bond acceptors (Lipinski definition) is 1. The molecule has 0 radical (unpaired) electrons. The van der Waals surface area contributed by atoms with E-state index in [0.29, 0.717) is 5.02 Å². The normalized spacial score (nSPS) is 14.1. The molecule has 0 amide bonds. The van der Waals surface area contributed by atoms with Crippen molar-refractivity contribution in [2.75, 3.05) is 0 Å². The maximum atomic E-state index is 11.7. The van der Waals surface area contributed by atoms with Crippen molar-refractivity contribution in [1.82, 2.24) is 9.78 Å². The van der Waals surface area contributed by atoms with Crippen LogP contribution >= 0.6 is 11.6 Å². The van der Waals surface area contributed by atoms with Gasteiger partial charge in [0.05, 0.1) is 5.69 Å². The average Bonchev–Trinajstić information content (AvgIpc) is 2.84. The summed E-state index contributed by atoms with van der Waals surface area (Å²) in [6.07, 6.45) is 2.93. The van der Waals surface area contributed by atoms with E-state index in [-0.39, 0.29) is 5.56 Å². The van der Waals surface area contributed by atoms with Gasteiger partial charge in [-0.3, -0.25) is 14.6 Å². The SMILES string of the molecule is O=c1[nH]n(-c2ccc(Cl)cc2)c2c1CCC2. The van der Waals surface area contributed by atoms with Crippen molar-refractivity contribution in [2.24, 2.45) is 0 Å². The Balaban J connectivity index is 2.17. The summed E-state index contributed by atoms with van der Waals surface area (Å²) in [5.41, 5.74) is 3.06. The van der Waals surface area contributed by atoms with Crippen LogP contribution in [0.4, 0.5) is 0 Å². The Morgan fingerprint density at radius 2 is 1.94 bits per heavy atom. The fourth-order valence-corrected chi connectivity index (χ4v) is 2.39. The second-order valence-electron chi connectivity index (χ2n) is 4.03. The number of benzene rings is 1. The molecule has 16 heavy (non-hydrogen) atoms. The topological polar surface area (TPSA) is 37.8 Å². The predicted molar refractivity (Wildman–Crippen MR) is 63.4 cm³/mol. The van der Waals surface area contributed by atoms with Gasteiger partial charge in [-0.05, 0) is 43.5 Å². The largest absolute Gasteiger partial charge is 0.268 e. The third-order valence-corrected chi connectivity index (χ3v) is 3.28. The molecule has 1 heterocycles. The molecule has 0 saturated heterocycles. The molecular formula is C12H11ClN2O. The molecule has 3 nitrogen and oxygen atoms in total. The molecule has 1 aromatic carbocycles. The van der Waals surface area contributed by atoms with E-state index in [1.54, 1.807) is 0 Å². The highest BCUT2D eigenvalue weighted by Gasteiger charge is 2.20. The van der Waals surface area contributed by atoms with Crippen LogP contribution in [-0.4, -0.2) is 9.78 Å². The molecule has 1 aliphatic rings. The van der Waals surface area contributed by atoms with E-state index in [0.717, 1.165) is 36.2 Å². The molecule has 0 fully saturated rings. The summed E-state index contributed by atoms with van der Waals surface area (Å²) in [5, 5.41) is 3.57. The van der Waals surface area contributed by atoms with E-state index < -0.39 is 0 Å². The van der Waals surface area contributed by atoms with Crippen LogP contribution in [0.25, 0.3) is 5.69 Å². The van der Waals surface area contributed by atoms with E-state index in [4.69, 9.17) is 11.6 Å². The van der Waals surface area contributed by atoms with E-state index >= 15 is 0 Å². The zero-order valence-electron chi connectivity index (χ0n) is 8.66. The van der Waals surface area contributed by atoms with Gasteiger partial charge in [0.15, 0.2) is 0 Å². The molecule has 0 aliphatic heterocycles. The molecule has 3 rings (SSSR count). The number of rotatable bonds is 1. The molecule has 1 aromatic heterocycles. The Morgan fingerprint density at radius 3 is 2.69 bits per heavy atom. The minimum absolute atomic E-state index is 0.0439. The Hall–Kier alpha value is -1.48. The minimum Gasteiger partial charge on any atom is -0.268 e. The number of nitrogens with zero attached hydrogens (tertiary/aromatic N) is 1. The number of halogens is 1. The quantitative estimate of drug-likeness (QED) is 0.808. The van der Waals surface area contributed by atoms with Gasteiger partial charge in [0, 0.05) is 16.3 Å². The molecule has 0 spiro atoms. The zero-order chi connectivity index (χ0) is 11.1. The summed E-state index contributed by atoms with van der Waals surface area (Å²) in [6, 6.07) is 7.49. The average molecular weight is 235 g/mol. The van der Waals surface area contributed by atoms with Crippen molar-refractivity contribution < 1.29 is 0 Å². The lowest BCUT2D eigenvalue weighted by Crippen LogP contribution is -2.07. The summed E-state index contributed by atoms with van der Waals surface area (Å²) in [4.78, 5) is 11.7. The number of nitrogens with one attached hydrogen (secondary N) is 1. The van der Waals surface area contributed by atoms with E-state index in [9.17, 15) is 4.79 Å². The molecule has 0 bridgehead atoms. The van der Waals surface area contributed by atoms with Crippen LogP contribution in [0.15, 0.2) is 29.1 Å². The minimum atomic E-state index is 0.0439. The van der Waals surface area contributed by atoms with Crippen molar-refractivity contribution >= 4 is 11.6 Å². The molecule has 1 N–H and O–H groups in total. The van der Waals surface area contributed by atoms with Crippen molar-refractivity contribution in [3.8, 4) is 5.69 Å². The molecular weight excluding hydrogens is 224 g/mol. The van der Waals surface area contributed by atoms with Crippen LogP contribution in [0.5, 0.6) is 0 Å². The Labute approximate surface area is 97.6 Å². The molecule has 0 atom stereocenters. The first kappa shape index (κ1) is 9.73. The molecule has 0 unspecified atom stereocenters. The third kappa shape index (κ3) is 1.39. The molecule has 4 heteroatoms. The Morgan fingerprint density at radius 1 is 1.19 bits per heavy atom. The smallest absolute Gasteiger partial charge is 0.267 e. The molecule has 2 aromatic rings. The van der Waals surface area contributed by atoms with E-state index in [2.05, 4.69) is 5.10 Å². The van der Waals surface area contributed by atoms with Crippen molar-refractivity contribution in [2.45, 2.75) is 19.3 Å². The maximum Gasteiger partial charge on any atom is 0.267 e. The standard InChI is InChI=1S/C12H11ClN2O/c13-8-4-6-9(7-5-8)15-11-3-1-2-10(11)12(16)14-15/h4-7H,1-3H2,(H,14,16). The van der Waals surface area contributed by atoms with Crippen LogP contribution in [0.3, 0.4) is 0 Å². The van der Waals surface area contributed by atoms with Gasteiger partial charge in [-0.25, -0.2) is 0 Å². The van der Waals surface area contributed by atoms with Gasteiger partial charge in [-0.1, -0.05) is 11.6 Å². The predicted octanol–water partition coefficient (Wildman–Crippen LogP) is 2.31. The lowest BCUT2D eigenvalue weighted by atomic mass is 10.3. The summed E-state index contributed by atoms with van der Waals surface area (Å²) in [5.74, 6) is 0. The van der Waals surface area contributed by atoms with Gasteiger partial charge in [-0.2, -0.15) is 0 Å². The highest BCUT2D eigenvalue weighted by molar-refractivity contribution is 6.30. The summed E-state index contributed by atoms with van der Waals surface area (Å²) < 4.78 is 1.88. The van der Waals surface area contributed by atoms with Gasteiger partial charge in [0.2, 0.25) is 0 Å². The van der Waals surface area contributed by atoms with Crippen LogP contribution < -0.4 is 5.56 Å². The first-order valence-corrected chi connectivity index (χ1v) is 5.72. The number of fused-ring (bicyclic) bond motifs is 1. The van der Waals surface area contributed by atoms with Gasteiger partial charge in [-0.15, -0.1) is 0 Å². The zero-order valence-corrected chi connectivity index (χ0v) is 9.42. The molecule has 0 saturated carbocycles. The number of H-pyrrole nitrogens is 1. The molecule has 1 aliphatic carbocycles. The van der Waals surface area contributed by atoms with Crippen LogP contribution in [0.2, 0.25) is 5.02 Å². The summed E-state index contributed by atoms with van der Waals surface area (Å²) in [6.45, 7) is 0. The second-order valence-corrected chi connectivity index (χ2v) is 4.47. The lowest BCUT2D eigenvalue weighted by Gasteiger charge is -2.06. The lowest BCUT2D eigenvalue weighted by molar-refractivity contribution is 0.773. The van der Waals surface area contributed by atoms with E-state index in [1.165, 1.54) is 0 Å². The third-order valence-electron chi connectivity index (χ3n) is 3.03. The first-order chi connectivity index (χ1) is 7.75. The van der Waals surface area contributed by atoms with Crippen molar-refractivity contribution in [3.05, 3.63) is 50.9 Å². The van der Waals surface area contributed by atoms with Gasteiger partial charge in [0.1, 0.15) is 0 Å². The van der Waals surface area contributed by atoms with Gasteiger partial charge in [0.25, 0.3) is 5.56 Å². The Bertz CT molecular complexity index is 580. The van der Waals surface area contributed by atoms with Gasteiger partial charge < -0.3 is 0 Å². The van der Waals surface area contributed by atoms with Gasteiger partial charge >= 0.3 is 0 Å². The number of aromatic nitrogens is 2. The highest BCUT2D eigenvalue weighted by Crippen LogP contribution is 2.22. The van der Waals surface area contributed by atoms with Crippen LogP contribution in [0.1, 0.15) is 17.7 Å². The summed E-state index contributed by atoms with van der Waals surface area (Å²) >= 11 is 5.84. The summed E-state index contributed by atoms with van der Waals surface area (Å²) in [7, 11) is 0. The monoisotopic (exact) mass is 234 g/mol.